The lowest BCUT2D eigenvalue weighted by atomic mass is 10.1. The molecule has 0 bridgehead atoms. The van der Waals surface area contributed by atoms with E-state index in [9.17, 15) is 0 Å². The topological polar surface area (TPSA) is 34.2 Å². The Kier molecular flexibility index (Phi) is 3.51. The SMILES string of the molecule is CCOOCc1[nH]c(C)c(C)c1C. The standard InChI is InChI=1S/C10H17NO2/c1-5-12-13-6-10-8(3)7(2)9(4)11-10/h11H,5-6H2,1-4H3. The molecule has 74 valence electrons. The van der Waals surface area contributed by atoms with E-state index in [1.807, 2.05) is 6.92 Å². The molecule has 3 nitrogen and oxygen atoms in total. The molecule has 0 saturated heterocycles. The van der Waals surface area contributed by atoms with Crippen LogP contribution in [0.2, 0.25) is 0 Å². The molecular weight excluding hydrogens is 166 g/mol. The highest BCUT2D eigenvalue weighted by Crippen LogP contribution is 2.16. The fourth-order valence-electron chi connectivity index (χ4n) is 1.25. The lowest BCUT2D eigenvalue weighted by Crippen LogP contribution is -1.96. The van der Waals surface area contributed by atoms with E-state index in [1.165, 1.54) is 16.8 Å². The first kappa shape index (κ1) is 10.3. The van der Waals surface area contributed by atoms with Crippen molar-refractivity contribution in [3.63, 3.8) is 0 Å². The highest BCUT2D eigenvalue weighted by molar-refractivity contribution is 5.33. The molecule has 1 aromatic rings. The van der Waals surface area contributed by atoms with E-state index >= 15 is 0 Å². The van der Waals surface area contributed by atoms with Crippen molar-refractivity contribution in [3.8, 4) is 0 Å². The normalized spacial score (nSPS) is 10.8. The van der Waals surface area contributed by atoms with Gasteiger partial charge in [-0.1, -0.05) is 0 Å². The zero-order valence-electron chi connectivity index (χ0n) is 8.73. The molecule has 0 saturated carbocycles. The molecule has 0 amide bonds. The minimum absolute atomic E-state index is 0.494. The van der Waals surface area contributed by atoms with Gasteiger partial charge in [0.1, 0.15) is 6.61 Å². The minimum atomic E-state index is 0.494. The van der Waals surface area contributed by atoms with E-state index in [4.69, 9.17) is 9.78 Å². The number of hydrogen-bond donors (Lipinski definition) is 1. The lowest BCUT2D eigenvalue weighted by Gasteiger charge is -2.00. The number of aromatic amines is 1. The predicted octanol–water partition coefficient (Wildman–Crippen LogP) is 2.41. The van der Waals surface area contributed by atoms with Crippen LogP contribution in [0, 0.1) is 20.8 Å². The van der Waals surface area contributed by atoms with Gasteiger partial charge < -0.3 is 4.98 Å². The summed E-state index contributed by atoms with van der Waals surface area (Å²) in [6.07, 6.45) is 0. The summed E-state index contributed by atoms with van der Waals surface area (Å²) in [4.78, 5) is 13.1. The van der Waals surface area contributed by atoms with Crippen LogP contribution in [-0.4, -0.2) is 11.6 Å². The molecule has 0 aliphatic heterocycles. The summed E-state index contributed by atoms with van der Waals surface area (Å²) in [7, 11) is 0. The fourth-order valence-corrected chi connectivity index (χ4v) is 1.25. The molecule has 0 radical (unpaired) electrons. The molecule has 0 atom stereocenters. The van der Waals surface area contributed by atoms with Crippen LogP contribution in [-0.2, 0) is 16.4 Å². The summed E-state index contributed by atoms with van der Waals surface area (Å²) in [5, 5.41) is 0. The smallest absolute Gasteiger partial charge is 0.122 e. The zero-order chi connectivity index (χ0) is 9.84. The van der Waals surface area contributed by atoms with Crippen molar-refractivity contribution in [2.45, 2.75) is 34.3 Å². The number of aromatic nitrogens is 1. The van der Waals surface area contributed by atoms with Crippen LogP contribution in [0.15, 0.2) is 0 Å². The molecule has 0 fully saturated rings. The Balaban J connectivity index is 2.61. The van der Waals surface area contributed by atoms with Crippen LogP contribution >= 0.6 is 0 Å². The van der Waals surface area contributed by atoms with E-state index in [0.29, 0.717) is 13.2 Å². The van der Waals surface area contributed by atoms with Gasteiger partial charge in [0.15, 0.2) is 0 Å². The Morgan fingerprint density at radius 1 is 1.08 bits per heavy atom. The molecular formula is C10H17NO2. The molecule has 3 heteroatoms. The Labute approximate surface area is 79.0 Å². The fraction of sp³-hybridized carbons (Fsp3) is 0.600. The van der Waals surface area contributed by atoms with Gasteiger partial charge in [-0.25, -0.2) is 9.78 Å². The summed E-state index contributed by atoms with van der Waals surface area (Å²) in [5.74, 6) is 0. The Hall–Kier alpha value is -0.800. The minimum Gasteiger partial charge on any atom is -0.360 e. The predicted molar refractivity (Wildman–Crippen MR) is 51.4 cm³/mol. The summed E-state index contributed by atoms with van der Waals surface area (Å²) >= 11 is 0. The number of hydrogen-bond acceptors (Lipinski definition) is 2. The van der Waals surface area contributed by atoms with Gasteiger partial charge in [-0.15, -0.1) is 0 Å². The molecule has 0 aromatic carbocycles. The van der Waals surface area contributed by atoms with E-state index in [0.717, 1.165) is 5.69 Å². The second-order valence-corrected chi connectivity index (χ2v) is 3.15. The van der Waals surface area contributed by atoms with E-state index in [1.54, 1.807) is 0 Å². The first-order valence-electron chi connectivity index (χ1n) is 4.55. The van der Waals surface area contributed by atoms with Crippen LogP contribution in [0.3, 0.4) is 0 Å². The number of rotatable bonds is 4. The van der Waals surface area contributed by atoms with E-state index in [-0.39, 0.29) is 0 Å². The van der Waals surface area contributed by atoms with Crippen LogP contribution < -0.4 is 0 Å². The molecule has 1 N–H and O–H groups in total. The number of H-pyrrole nitrogens is 1. The van der Waals surface area contributed by atoms with Crippen molar-refractivity contribution in [2.75, 3.05) is 6.61 Å². The molecule has 0 aliphatic rings. The van der Waals surface area contributed by atoms with Crippen molar-refractivity contribution in [2.24, 2.45) is 0 Å². The van der Waals surface area contributed by atoms with Crippen molar-refractivity contribution in [1.82, 2.24) is 4.98 Å². The van der Waals surface area contributed by atoms with Crippen molar-refractivity contribution in [1.29, 1.82) is 0 Å². The molecule has 13 heavy (non-hydrogen) atoms. The van der Waals surface area contributed by atoms with Gasteiger partial charge >= 0.3 is 0 Å². The maximum Gasteiger partial charge on any atom is 0.122 e. The Bertz CT molecular complexity index is 279. The van der Waals surface area contributed by atoms with Gasteiger partial charge in [0.05, 0.1) is 6.61 Å². The maximum absolute atomic E-state index is 4.99. The third-order valence-corrected chi connectivity index (χ3v) is 2.32. The molecule has 0 unspecified atom stereocenters. The lowest BCUT2D eigenvalue weighted by molar-refractivity contribution is -0.301. The molecule has 0 aliphatic carbocycles. The van der Waals surface area contributed by atoms with Crippen LogP contribution in [0.4, 0.5) is 0 Å². The zero-order valence-corrected chi connectivity index (χ0v) is 8.73. The first-order chi connectivity index (χ1) is 6.16. The quantitative estimate of drug-likeness (QED) is 0.442. The third-order valence-electron chi connectivity index (χ3n) is 2.32. The van der Waals surface area contributed by atoms with Gasteiger partial charge in [0.25, 0.3) is 0 Å². The van der Waals surface area contributed by atoms with Crippen molar-refractivity contribution >= 4 is 0 Å². The van der Waals surface area contributed by atoms with Crippen molar-refractivity contribution in [3.05, 3.63) is 22.5 Å². The highest BCUT2D eigenvalue weighted by atomic mass is 17.2. The highest BCUT2D eigenvalue weighted by Gasteiger charge is 2.07. The van der Waals surface area contributed by atoms with E-state index < -0.39 is 0 Å². The summed E-state index contributed by atoms with van der Waals surface area (Å²) in [6, 6.07) is 0. The average Bonchev–Trinajstić information content (AvgIpc) is 2.34. The van der Waals surface area contributed by atoms with Crippen molar-refractivity contribution < 1.29 is 9.78 Å². The number of nitrogens with one attached hydrogen (secondary N) is 1. The van der Waals surface area contributed by atoms with Gasteiger partial charge in [0, 0.05) is 11.4 Å². The van der Waals surface area contributed by atoms with Crippen LogP contribution in [0.1, 0.15) is 29.4 Å². The van der Waals surface area contributed by atoms with Gasteiger partial charge in [-0.05, 0) is 38.8 Å². The molecule has 1 rings (SSSR count). The van der Waals surface area contributed by atoms with Crippen LogP contribution in [0.25, 0.3) is 0 Å². The third kappa shape index (κ3) is 2.32. The number of aryl methyl sites for hydroxylation is 1. The summed E-state index contributed by atoms with van der Waals surface area (Å²) in [5.41, 5.74) is 4.86. The maximum atomic E-state index is 4.99. The summed E-state index contributed by atoms with van der Waals surface area (Å²) in [6.45, 7) is 9.23. The monoisotopic (exact) mass is 183 g/mol. The van der Waals surface area contributed by atoms with Gasteiger partial charge in [-0.2, -0.15) is 0 Å². The Morgan fingerprint density at radius 2 is 1.77 bits per heavy atom. The van der Waals surface area contributed by atoms with Gasteiger partial charge in [0.2, 0.25) is 0 Å². The van der Waals surface area contributed by atoms with E-state index in [2.05, 4.69) is 25.8 Å². The Morgan fingerprint density at radius 3 is 2.23 bits per heavy atom. The average molecular weight is 183 g/mol. The second kappa shape index (κ2) is 4.44. The largest absolute Gasteiger partial charge is 0.360 e. The summed E-state index contributed by atoms with van der Waals surface area (Å²) < 4.78 is 0. The molecule has 0 spiro atoms. The second-order valence-electron chi connectivity index (χ2n) is 3.15. The molecule has 1 heterocycles. The van der Waals surface area contributed by atoms with Crippen LogP contribution in [0.5, 0.6) is 0 Å². The molecule has 1 aromatic heterocycles. The first-order valence-corrected chi connectivity index (χ1v) is 4.55. The van der Waals surface area contributed by atoms with Gasteiger partial charge in [-0.3, -0.25) is 0 Å².